The van der Waals surface area contributed by atoms with Gasteiger partial charge in [0.25, 0.3) is 0 Å². The fourth-order valence-corrected chi connectivity index (χ4v) is 2.19. The average molecular weight is 220 g/mol. The molecule has 0 bridgehead atoms. The second-order valence-corrected chi connectivity index (χ2v) is 4.56. The number of nitrogens with two attached hydrogens (primary N) is 1. The molecular formula is C13H20N2O. The summed E-state index contributed by atoms with van der Waals surface area (Å²) < 4.78 is 5.96. The van der Waals surface area contributed by atoms with Crippen molar-refractivity contribution >= 4 is 0 Å². The van der Waals surface area contributed by atoms with E-state index in [-0.39, 0.29) is 6.04 Å². The van der Waals surface area contributed by atoms with Crippen LogP contribution in [0.15, 0.2) is 18.3 Å². The molecule has 0 aromatic carbocycles. The number of hydrogen-bond donors (Lipinski definition) is 1. The molecule has 1 heterocycles. The molecule has 0 radical (unpaired) electrons. The molecule has 1 aliphatic rings. The molecule has 0 saturated heterocycles. The topological polar surface area (TPSA) is 48.1 Å². The van der Waals surface area contributed by atoms with Crippen LogP contribution in [0.25, 0.3) is 0 Å². The van der Waals surface area contributed by atoms with Crippen LogP contribution in [0.4, 0.5) is 0 Å². The fraction of sp³-hybridized carbons (Fsp3) is 0.615. The molecule has 0 aliphatic heterocycles. The second kappa shape index (κ2) is 5.30. The van der Waals surface area contributed by atoms with Crippen molar-refractivity contribution in [3.8, 4) is 5.88 Å². The highest BCUT2D eigenvalue weighted by Gasteiger charge is 2.17. The maximum Gasteiger partial charge on any atom is 0.218 e. The Morgan fingerprint density at radius 2 is 2.12 bits per heavy atom. The van der Waals surface area contributed by atoms with Crippen molar-refractivity contribution < 1.29 is 4.74 Å². The molecule has 16 heavy (non-hydrogen) atoms. The fourth-order valence-electron chi connectivity index (χ4n) is 2.19. The van der Waals surface area contributed by atoms with Crippen LogP contribution in [0.2, 0.25) is 0 Å². The summed E-state index contributed by atoms with van der Waals surface area (Å²) in [4.78, 5) is 4.29. The van der Waals surface area contributed by atoms with Gasteiger partial charge in [-0.2, -0.15) is 0 Å². The second-order valence-electron chi connectivity index (χ2n) is 4.56. The highest BCUT2D eigenvalue weighted by molar-refractivity contribution is 5.28. The van der Waals surface area contributed by atoms with E-state index in [9.17, 15) is 0 Å². The molecule has 1 atom stereocenters. The van der Waals surface area contributed by atoms with Gasteiger partial charge in [-0.3, -0.25) is 0 Å². The van der Waals surface area contributed by atoms with Gasteiger partial charge in [0, 0.05) is 17.8 Å². The van der Waals surface area contributed by atoms with Gasteiger partial charge in [-0.15, -0.1) is 0 Å². The SMILES string of the molecule is CC(N)c1cccnc1OC1CCCCC1. The maximum absolute atomic E-state index is 5.96. The summed E-state index contributed by atoms with van der Waals surface area (Å²) in [6.45, 7) is 1.96. The predicted molar refractivity (Wildman–Crippen MR) is 64.3 cm³/mol. The quantitative estimate of drug-likeness (QED) is 0.852. The lowest BCUT2D eigenvalue weighted by Crippen LogP contribution is -2.21. The van der Waals surface area contributed by atoms with Crippen molar-refractivity contribution in [2.45, 2.75) is 51.2 Å². The molecule has 2 N–H and O–H groups in total. The summed E-state index contributed by atoms with van der Waals surface area (Å²) in [7, 11) is 0. The minimum absolute atomic E-state index is 0.0210. The third-order valence-corrected chi connectivity index (χ3v) is 3.12. The molecule has 1 aromatic rings. The number of pyridine rings is 1. The Kier molecular flexibility index (Phi) is 3.78. The number of aromatic nitrogens is 1. The van der Waals surface area contributed by atoms with E-state index < -0.39 is 0 Å². The molecule has 0 spiro atoms. The third kappa shape index (κ3) is 2.73. The maximum atomic E-state index is 5.96. The van der Waals surface area contributed by atoms with Crippen molar-refractivity contribution in [3.63, 3.8) is 0 Å². The minimum atomic E-state index is -0.0210. The van der Waals surface area contributed by atoms with Crippen LogP contribution in [0, 0.1) is 0 Å². The minimum Gasteiger partial charge on any atom is -0.474 e. The summed E-state index contributed by atoms with van der Waals surface area (Å²) in [6, 6.07) is 3.88. The van der Waals surface area contributed by atoms with E-state index in [0.29, 0.717) is 6.10 Å². The van der Waals surface area contributed by atoms with E-state index in [0.717, 1.165) is 24.3 Å². The highest BCUT2D eigenvalue weighted by atomic mass is 16.5. The molecule has 1 aromatic heterocycles. The zero-order valence-electron chi connectivity index (χ0n) is 9.86. The van der Waals surface area contributed by atoms with E-state index in [1.807, 2.05) is 19.1 Å². The van der Waals surface area contributed by atoms with Crippen LogP contribution < -0.4 is 10.5 Å². The van der Waals surface area contributed by atoms with Gasteiger partial charge in [-0.25, -0.2) is 4.98 Å². The standard InChI is InChI=1S/C13H20N2O/c1-10(14)12-8-5-9-15-13(12)16-11-6-3-2-4-7-11/h5,8-11H,2-4,6-7,14H2,1H3. The van der Waals surface area contributed by atoms with Gasteiger partial charge < -0.3 is 10.5 Å². The Hall–Kier alpha value is -1.09. The van der Waals surface area contributed by atoms with Crippen LogP contribution in [0.1, 0.15) is 50.6 Å². The predicted octanol–water partition coefficient (Wildman–Crippen LogP) is 2.81. The Labute approximate surface area is 97.0 Å². The van der Waals surface area contributed by atoms with Crippen molar-refractivity contribution in [1.29, 1.82) is 0 Å². The first kappa shape index (κ1) is 11.4. The van der Waals surface area contributed by atoms with E-state index in [1.165, 1.54) is 19.3 Å². The Morgan fingerprint density at radius 1 is 1.38 bits per heavy atom. The lowest BCUT2D eigenvalue weighted by molar-refractivity contribution is 0.146. The van der Waals surface area contributed by atoms with E-state index >= 15 is 0 Å². The number of nitrogens with zero attached hydrogens (tertiary/aromatic N) is 1. The Balaban J connectivity index is 2.07. The Bertz CT molecular complexity index is 332. The lowest BCUT2D eigenvalue weighted by atomic mass is 9.98. The molecular weight excluding hydrogens is 200 g/mol. The van der Waals surface area contributed by atoms with Crippen LogP contribution in [-0.4, -0.2) is 11.1 Å². The van der Waals surface area contributed by atoms with E-state index in [2.05, 4.69) is 4.98 Å². The molecule has 1 aliphatic carbocycles. The van der Waals surface area contributed by atoms with Gasteiger partial charge in [0.05, 0.1) is 0 Å². The Morgan fingerprint density at radius 3 is 2.81 bits per heavy atom. The van der Waals surface area contributed by atoms with Crippen LogP contribution in [0.5, 0.6) is 5.88 Å². The summed E-state index contributed by atoms with van der Waals surface area (Å²) >= 11 is 0. The summed E-state index contributed by atoms with van der Waals surface area (Å²) in [5.74, 6) is 0.726. The van der Waals surface area contributed by atoms with Gasteiger partial charge in [0.1, 0.15) is 6.10 Å². The molecule has 2 rings (SSSR count). The van der Waals surface area contributed by atoms with E-state index in [4.69, 9.17) is 10.5 Å². The van der Waals surface area contributed by atoms with Crippen molar-refractivity contribution in [2.75, 3.05) is 0 Å². The van der Waals surface area contributed by atoms with Crippen molar-refractivity contribution in [2.24, 2.45) is 5.73 Å². The number of ether oxygens (including phenoxy) is 1. The summed E-state index contributed by atoms with van der Waals surface area (Å²) in [5, 5.41) is 0. The summed E-state index contributed by atoms with van der Waals surface area (Å²) in [5.41, 5.74) is 6.91. The van der Waals surface area contributed by atoms with Gasteiger partial charge in [-0.05, 0) is 38.7 Å². The molecule has 3 nitrogen and oxygen atoms in total. The van der Waals surface area contributed by atoms with Crippen molar-refractivity contribution in [1.82, 2.24) is 4.98 Å². The molecule has 3 heteroatoms. The summed E-state index contributed by atoms with van der Waals surface area (Å²) in [6.07, 6.45) is 8.27. The first-order chi connectivity index (χ1) is 7.77. The number of hydrogen-bond acceptors (Lipinski definition) is 3. The normalized spacial score (nSPS) is 19.4. The van der Waals surface area contributed by atoms with Crippen LogP contribution >= 0.6 is 0 Å². The molecule has 0 amide bonds. The smallest absolute Gasteiger partial charge is 0.218 e. The van der Waals surface area contributed by atoms with Crippen LogP contribution in [-0.2, 0) is 0 Å². The molecule has 1 saturated carbocycles. The van der Waals surface area contributed by atoms with Crippen LogP contribution in [0.3, 0.4) is 0 Å². The van der Waals surface area contributed by atoms with Crippen molar-refractivity contribution in [3.05, 3.63) is 23.9 Å². The zero-order valence-corrected chi connectivity index (χ0v) is 9.86. The highest BCUT2D eigenvalue weighted by Crippen LogP contribution is 2.26. The average Bonchev–Trinajstić information content (AvgIpc) is 2.31. The molecule has 88 valence electrons. The third-order valence-electron chi connectivity index (χ3n) is 3.12. The van der Waals surface area contributed by atoms with Gasteiger partial charge >= 0.3 is 0 Å². The first-order valence-electron chi connectivity index (χ1n) is 6.14. The lowest BCUT2D eigenvalue weighted by Gasteiger charge is -2.24. The zero-order chi connectivity index (χ0) is 11.4. The number of rotatable bonds is 3. The first-order valence-corrected chi connectivity index (χ1v) is 6.14. The van der Waals surface area contributed by atoms with Gasteiger partial charge in [0.2, 0.25) is 5.88 Å². The van der Waals surface area contributed by atoms with Gasteiger partial charge in [0.15, 0.2) is 0 Å². The van der Waals surface area contributed by atoms with Gasteiger partial charge in [-0.1, -0.05) is 12.5 Å². The van der Waals surface area contributed by atoms with E-state index in [1.54, 1.807) is 6.20 Å². The molecule has 1 fully saturated rings. The largest absolute Gasteiger partial charge is 0.474 e. The monoisotopic (exact) mass is 220 g/mol. The molecule has 1 unspecified atom stereocenters.